The lowest BCUT2D eigenvalue weighted by Crippen LogP contribution is -2.25. The molecule has 1 N–H and O–H groups in total. The average molecular weight is 323 g/mol. The fourth-order valence-electron chi connectivity index (χ4n) is 2.28. The van der Waals surface area contributed by atoms with Gasteiger partial charge in [0.05, 0.1) is 27.3 Å². The van der Waals surface area contributed by atoms with E-state index in [0.717, 1.165) is 22.7 Å². The van der Waals surface area contributed by atoms with Gasteiger partial charge in [0, 0.05) is 12.7 Å². The third-order valence-corrected chi connectivity index (χ3v) is 4.50. The van der Waals surface area contributed by atoms with Crippen LogP contribution in [0.3, 0.4) is 0 Å². The lowest BCUT2D eigenvalue weighted by molar-refractivity contribution is 0.0954. The number of nitrogens with one attached hydrogen (secondary N) is 1. The number of amides is 1. The molecular weight excluding hydrogens is 306 g/mol. The Morgan fingerprint density at radius 2 is 1.96 bits per heavy atom. The van der Waals surface area contributed by atoms with Gasteiger partial charge in [-0.15, -0.1) is 11.3 Å². The molecular formula is C18H17N3OS. The molecule has 0 saturated carbocycles. The van der Waals surface area contributed by atoms with Crippen LogP contribution in [0.5, 0.6) is 0 Å². The van der Waals surface area contributed by atoms with Gasteiger partial charge in [-0.05, 0) is 31.0 Å². The van der Waals surface area contributed by atoms with Gasteiger partial charge in [0.15, 0.2) is 0 Å². The number of aryl methyl sites for hydroxylation is 1. The Labute approximate surface area is 139 Å². The Balaban J connectivity index is 1.59. The first-order chi connectivity index (χ1) is 11.2. The molecule has 0 spiro atoms. The van der Waals surface area contributed by atoms with E-state index in [9.17, 15) is 4.79 Å². The zero-order valence-corrected chi connectivity index (χ0v) is 13.6. The number of thiazole rings is 1. The molecule has 0 unspecified atom stereocenters. The number of carbonyl (C=O) groups excluding carboxylic acids is 1. The molecule has 3 aromatic rings. The van der Waals surface area contributed by atoms with Crippen molar-refractivity contribution >= 4 is 17.2 Å². The summed E-state index contributed by atoms with van der Waals surface area (Å²) in [5.74, 6) is -0.0963. The van der Waals surface area contributed by atoms with Crippen LogP contribution in [0.2, 0.25) is 0 Å². The van der Waals surface area contributed by atoms with Crippen molar-refractivity contribution in [2.45, 2.75) is 13.3 Å². The maximum Gasteiger partial charge on any atom is 0.252 e. The van der Waals surface area contributed by atoms with Gasteiger partial charge in [-0.2, -0.15) is 0 Å². The molecule has 0 atom stereocenters. The fraction of sp³-hybridized carbons (Fsp3) is 0.167. The molecule has 5 heteroatoms. The van der Waals surface area contributed by atoms with Gasteiger partial charge in [-0.3, -0.25) is 9.78 Å². The quantitative estimate of drug-likeness (QED) is 0.782. The number of pyridine rings is 1. The second-order valence-corrected chi connectivity index (χ2v) is 6.05. The van der Waals surface area contributed by atoms with E-state index < -0.39 is 0 Å². The smallest absolute Gasteiger partial charge is 0.252 e. The molecule has 0 saturated heterocycles. The highest BCUT2D eigenvalue weighted by atomic mass is 32.1. The van der Waals surface area contributed by atoms with Crippen molar-refractivity contribution in [2.24, 2.45) is 0 Å². The number of hydrogen-bond donors (Lipinski definition) is 1. The van der Waals surface area contributed by atoms with Gasteiger partial charge in [0.2, 0.25) is 0 Å². The van der Waals surface area contributed by atoms with E-state index in [2.05, 4.69) is 27.4 Å². The van der Waals surface area contributed by atoms with Crippen LogP contribution >= 0.6 is 11.3 Å². The molecule has 0 aliphatic carbocycles. The summed E-state index contributed by atoms with van der Waals surface area (Å²) in [4.78, 5) is 21.8. The molecule has 0 aliphatic heterocycles. The van der Waals surface area contributed by atoms with E-state index in [1.54, 1.807) is 29.1 Å². The molecule has 1 aromatic carbocycles. The summed E-state index contributed by atoms with van der Waals surface area (Å²) in [7, 11) is 0. The van der Waals surface area contributed by atoms with Crippen molar-refractivity contribution in [3.05, 3.63) is 71.0 Å². The zero-order chi connectivity index (χ0) is 16.1. The van der Waals surface area contributed by atoms with Crippen LogP contribution in [0.25, 0.3) is 10.6 Å². The predicted molar refractivity (Wildman–Crippen MR) is 92.6 cm³/mol. The molecule has 116 valence electrons. The van der Waals surface area contributed by atoms with Gasteiger partial charge < -0.3 is 5.32 Å². The predicted octanol–water partition coefficient (Wildman–Crippen LogP) is 3.49. The summed E-state index contributed by atoms with van der Waals surface area (Å²) in [5, 5.41) is 2.92. The topological polar surface area (TPSA) is 54.9 Å². The standard InChI is InChI=1S/C18H17N3OS/c1-13-17(23-12-21-13)16-8-7-15(11-20-16)18(22)19-10-9-14-5-3-2-4-6-14/h2-8,11-12H,9-10H2,1H3,(H,19,22). The van der Waals surface area contributed by atoms with Crippen LogP contribution in [0.1, 0.15) is 21.6 Å². The maximum atomic E-state index is 12.1. The van der Waals surface area contributed by atoms with Crippen molar-refractivity contribution in [2.75, 3.05) is 6.54 Å². The minimum Gasteiger partial charge on any atom is -0.352 e. The Kier molecular flexibility index (Phi) is 4.78. The fourth-order valence-corrected chi connectivity index (χ4v) is 3.06. The van der Waals surface area contributed by atoms with Gasteiger partial charge in [0.25, 0.3) is 5.91 Å². The first-order valence-corrected chi connectivity index (χ1v) is 8.30. The molecule has 2 aromatic heterocycles. The Morgan fingerprint density at radius 1 is 1.13 bits per heavy atom. The first-order valence-electron chi connectivity index (χ1n) is 7.42. The number of benzene rings is 1. The second kappa shape index (κ2) is 7.15. The number of nitrogens with zero attached hydrogens (tertiary/aromatic N) is 2. The number of aromatic nitrogens is 2. The van der Waals surface area contributed by atoms with Crippen molar-refractivity contribution in [1.29, 1.82) is 0 Å². The van der Waals surface area contributed by atoms with Crippen LogP contribution in [0, 0.1) is 6.92 Å². The lowest BCUT2D eigenvalue weighted by atomic mass is 10.1. The summed E-state index contributed by atoms with van der Waals surface area (Å²) in [5.41, 5.74) is 5.40. The zero-order valence-electron chi connectivity index (χ0n) is 12.8. The van der Waals surface area contributed by atoms with Crippen LogP contribution < -0.4 is 5.32 Å². The van der Waals surface area contributed by atoms with E-state index in [4.69, 9.17) is 0 Å². The maximum absolute atomic E-state index is 12.1. The minimum atomic E-state index is -0.0963. The van der Waals surface area contributed by atoms with Crippen molar-refractivity contribution in [1.82, 2.24) is 15.3 Å². The SMILES string of the molecule is Cc1ncsc1-c1ccc(C(=O)NCCc2ccccc2)cn1. The summed E-state index contributed by atoms with van der Waals surface area (Å²) in [6.07, 6.45) is 2.44. The Hall–Kier alpha value is -2.53. The van der Waals surface area contributed by atoms with Gasteiger partial charge in [-0.25, -0.2) is 4.98 Å². The van der Waals surface area contributed by atoms with E-state index >= 15 is 0 Å². The van der Waals surface area contributed by atoms with Gasteiger partial charge >= 0.3 is 0 Å². The van der Waals surface area contributed by atoms with Crippen LogP contribution in [-0.4, -0.2) is 22.4 Å². The third-order valence-electron chi connectivity index (χ3n) is 3.55. The van der Waals surface area contributed by atoms with Crippen molar-refractivity contribution < 1.29 is 4.79 Å². The minimum absolute atomic E-state index is 0.0963. The number of rotatable bonds is 5. The average Bonchev–Trinajstić information content (AvgIpc) is 3.02. The molecule has 4 nitrogen and oxygen atoms in total. The highest BCUT2D eigenvalue weighted by Gasteiger charge is 2.09. The summed E-state index contributed by atoms with van der Waals surface area (Å²) < 4.78 is 0. The highest BCUT2D eigenvalue weighted by molar-refractivity contribution is 7.13. The van der Waals surface area contributed by atoms with E-state index in [-0.39, 0.29) is 5.91 Å². The third kappa shape index (κ3) is 3.81. The lowest BCUT2D eigenvalue weighted by Gasteiger charge is -2.06. The molecule has 0 aliphatic rings. The van der Waals surface area contributed by atoms with Crippen molar-refractivity contribution in [3.63, 3.8) is 0 Å². The molecule has 1 amide bonds. The van der Waals surface area contributed by atoms with Crippen LogP contribution in [0.4, 0.5) is 0 Å². The van der Waals surface area contributed by atoms with E-state index in [0.29, 0.717) is 12.1 Å². The molecule has 0 fully saturated rings. The summed E-state index contributed by atoms with van der Waals surface area (Å²) in [6, 6.07) is 13.8. The summed E-state index contributed by atoms with van der Waals surface area (Å²) >= 11 is 1.55. The number of hydrogen-bond acceptors (Lipinski definition) is 4. The number of carbonyl (C=O) groups is 1. The largest absolute Gasteiger partial charge is 0.352 e. The van der Waals surface area contributed by atoms with E-state index in [1.807, 2.05) is 31.2 Å². The first kappa shape index (κ1) is 15.4. The normalized spacial score (nSPS) is 10.5. The van der Waals surface area contributed by atoms with E-state index in [1.165, 1.54) is 5.56 Å². The molecule has 23 heavy (non-hydrogen) atoms. The Morgan fingerprint density at radius 3 is 2.61 bits per heavy atom. The summed E-state index contributed by atoms with van der Waals surface area (Å²) in [6.45, 7) is 2.57. The highest BCUT2D eigenvalue weighted by Crippen LogP contribution is 2.25. The Bertz CT molecular complexity index is 782. The molecule has 0 radical (unpaired) electrons. The van der Waals surface area contributed by atoms with Gasteiger partial charge in [0.1, 0.15) is 0 Å². The van der Waals surface area contributed by atoms with Crippen molar-refractivity contribution in [3.8, 4) is 10.6 Å². The van der Waals surface area contributed by atoms with Crippen LogP contribution in [-0.2, 0) is 6.42 Å². The monoisotopic (exact) mass is 323 g/mol. The second-order valence-electron chi connectivity index (χ2n) is 5.19. The molecule has 3 rings (SSSR count). The molecule has 2 heterocycles. The van der Waals surface area contributed by atoms with Gasteiger partial charge in [-0.1, -0.05) is 30.3 Å². The molecule has 0 bridgehead atoms. The van der Waals surface area contributed by atoms with Crippen LogP contribution in [0.15, 0.2) is 54.2 Å².